The van der Waals surface area contributed by atoms with Crippen LogP contribution in [0.5, 0.6) is 17.2 Å². The first kappa shape index (κ1) is 20.1. The average molecular weight is 406 g/mol. The van der Waals surface area contributed by atoms with Crippen molar-refractivity contribution in [3.8, 4) is 17.2 Å². The van der Waals surface area contributed by atoms with Gasteiger partial charge in [0.2, 0.25) is 0 Å². The molecule has 0 radical (unpaired) electrons. The van der Waals surface area contributed by atoms with Gasteiger partial charge in [-0.25, -0.2) is 8.78 Å². The molecule has 0 atom stereocenters. The second-order valence-corrected chi connectivity index (χ2v) is 7.35. The van der Waals surface area contributed by atoms with Gasteiger partial charge in [0.05, 0.1) is 7.11 Å². The number of para-hydroxylation sites is 1. The van der Waals surface area contributed by atoms with Crippen molar-refractivity contribution in [1.29, 1.82) is 0 Å². The normalized spacial score (nSPS) is 13.0. The maximum atomic E-state index is 14.9. The van der Waals surface area contributed by atoms with Crippen LogP contribution in [0.1, 0.15) is 43.4 Å². The maximum Gasteiger partial charge on any atom is 0.136 e. The van der Waals surface area contributed by atoms with Crippen LogP contribution in [0, 0.1) is 11.6 Å². The highest BCUT2D eigenvalue weighted by Crippen LogP contribution is 2.40. The van der Waals surface area contributed by atoms with Crippen molar-refractivity contribution in [1.82, 2.24) is 0 Å². The fourth-order valence-corrected chi connectivity index (χ4v) is 3.97. The molecule has 1 aliphatic heterocycles. The summed E-state index contributed by atoms with van der Waals surface area (Å²) in [5, 5.41) is 1.08. The molecule has 30 heavy (non-hydrogen) atoms. The van der Waals surface area contributed by atoms with Crippen LogP contribution in [0.2, 0.25) is 0 Å². The van der Waals surface area contributed by atoms with Crippen molar-refractivity contribution in [2.45, 2.75) is 33.1 Å². The van der Waals surface area contributed by atoms with Crippen molar-refractivity contribution in [3.05, 3.63) is 87.3 Å². The molecule has 1 heterocycles. The van der Waals surface area contributed by atoms with Crippen LogP contribution in [-0.2, 0) is 6.42 Å². The van der Waals surface area contributed by atoms with E-state index in [1.807, 2.05) is 44.2 Å². The molecule has 0 amide bonds. The molecule has 0 aliphatic carbocycles. The number of hydrogen-bond acceptors (Lipinski definition) is 2. The Labute approximate surface area is 175 Å². The first-order valence-corrected chi connectivity index (χ1v) is 10.3. The number of methoxy groups -OCH3 is 1. The number of ether oxygens (including phenoxy) is 2. The van der Waals surface area contributed by atoms with E-state index in [2.05, 4.69) is 0 Å². The fraction of sp³-hybridized carbons (Fsp3) is 0.231. The Balaban J connectivity index is 2.11. The molecule has 154 valence electrons. The summed E-state index contributed by atoms with van der Waals surface area (Å²) < 4.78 is 41.5. The lowest BCUT2D eigenvalue weighted by Crippen LogP contribution is -2.23. The summed E-state index contributed by atoms with van der Waals surface area (Å²) >= 11 is 0. The molecule has 0 N–H and O–H groups in total. The number of aryl methyl sites for hydroxylation is 1. The SMILES string of the molecule is CC/C=c1/cc2c(cc1F)=C(c1ccccc1OC)c1cc(F)c(CCC)cc1O2. The third kappa shape index (κ3) is 3.47. The summed E-state index contributed by atoms with van der Waals surface area (Å²) in [7, 11) is 1.59. The smallest absolute Gasteiger partial charge is 0.136 e. The molecule has 0 fully saturated rings. The third-order valence-corrected chi connectivity index (χ3v) is 5.33. The molecule has 0 aromatic heterocycles. The first-order valence-electron chi connectivity index (χ1n) is 10.3. The fourth-order valence-electron chi connectivity index (χ4n) is 3.97. The van der Waals surface area contributed by atoms with Gasteiger partial charge in [0.15, 0.2) is 0 Å². The molecule has 0 saturated carbocycles. The average Bonchev–Trinajstić information content (AvgIpc) is 2.74. The molecule has 0 unspecified atom stereocenters. The number of hydrogen-bond donors (Lipinski definition) is 0. The van der Waals surface area contributed by atoms with Crippen LogP contribution in [0.4, 0.5) is 8.78 Å². The Kier molecular flexibility index (Phi) is 5.58. The number of halogens is 2. The van der Waals surface area contributed by atoms with Crippen LogP contribution in [0.25, 0.3) is 11.6 Å². The van der Waals surface area contributed by atoms with Crippen LogP contribution < -0.4 is 19.9 Å². The predicted octanol–water partition coefficient (Wildman–Crippen LogP) is 5.47. The minimum atomic E-state index is -0.335. The van der Waals surface area contributed by atoms with E-state index in [0.717, 1.165) is 12.0 Å². The Morgan fingerprint density at radius 3 is 2.47 bits per heavy atom. The van der Waals surface area contributed by atoms with Crippen molar-refractivity contribution in [2.24, 2.45) is 0 Å². The molecular weight excluding hydrogens is 382 g/mol. The number of rotatable bonds is 5. The maximum absolute atomic E-state index is 14.9. The van der Waals surface area contributed by atoms with Crippen LogP contribution in [-0.4, -0.2) is 7.11 Å². The van der Waals surface area contributed by atoms with Gasteiger partial charge in [-0.15, -0.1) is 0 Å². The van der Waals surface area contributed by atoms with E-state index in [1.165, 1.54) is 12.1 Å². The molecular formula is C26H24F2O2. The monoisotopic (exact) mass is 406 g/mol. The van der Waals surface area contributed by atoms with Crippen LogP contribution in [0.3, 0.4) is 0 Å². The zero-order valence-corrected chi connectivity index (χ0v) is 17.4. The van der Waals surface area contributed by atoms with Crippen molar-refractivity contribution in [3.63, 3.8) is 0 Å². The van der Waals surface area contributed by atoms with E-state index in [0.29, 0.717) is 57.2 Å². The van der Waals surface area contributed by atoms with E-state index in [9.17, 15) is 8.78 Å². The van der Waals surface area contributed by atoms with E-state index in [4.69, 9.17) is 9.47 Å². The molecule has 1 aliphatic rings. The van der Waals surface area contributed by atoms with Gasteiger partial charge in [0.1, 0.15) is 28.9 Å². The standard InChI is InChI=1S/C26H24F2O2/c1-4-8-16-12-24-19(14-21(16)27)26(18-10-6-7-11-23(18)29-3)20-15-22(28)17(9-5-2)13-25(20)30-24/h6-8,10-15H,4-5,9H2,1-3H3/b16-8-. The van der Waals surface area contributed by atoms with Gasteiger partial charge in [-0.05, 0) is 48.7 Å². The lowest BCUT2D eigenvalue weighted by Gasteiger charge is -2.23. The van der Waals surface area contributed by atoms with E-state index in [-0.39, 0.29) is 11.6 Å². The summed E-state index contributed by atoms with van der Waals surface area (Å²) in [5.41, 5.74) is 2.67. The van der Waals surface area contributed by atoms with E-state index < -0.39 is 0 Å². The highest BCUT2D eigenvalue weighted by molar-refractivity contribution is 5.87. The van der Waals surface area contributed by atoms with E-state index in [1.54, 1.807) is 19.2 Å². The summed E-state index contributed by atoms with van der Waals surface area (Å²) in [4.78, 5) is 0. The minimum Gasteiger partial charge on any atom is -0.496 e. The molecule has 4 rings (SSSR count). The Morgan fingerprint density at radius 2 is 1.73 bits per heavy atom. The van der Waals surface area contributed by atoms with Gasteiger partial charge in [-0.3, -0.25) is 0 Å². The van der Waals surface area contributed by atoms with Gasteiger partial charge in [-0.2, -0.15) is 0 Å². The lowest BCUT2D eigenvalue weighted by atomic mass is 9.90. The summed E-state index contributed by atoms with van der Waals surface area (Å²) in [6.45, 7) is 3.97. The predicted molar refractivity (Wildman–Crippen MR) is 115 cm³/mol. The molecule has 0 spiro atoms. The molecule has 0 saturated heterocycles. The molecule has 4 heteroatoms. The van der Waals surface area contributed by atoms with Gasteiger partial charge in [0.25, 0.3) is 0 Å². The van der Waals surface area contributed by atoms with Gasteiger partial charge in [-0.1, -0.05) is 44.5 Å². The minimum absolute atomic E-state index is 0.286. The number of benzene rings is 3. The second kappa shape index (κ2) is 8.31. The van der Waals surface area contributed by atoms with Crippen molar-refractivity contribution >= 4 is 11.6 Å². The van der Waals surface area contributed by atoms with Crippen molar-refractivity contribution in [2.75, 3.05) is 7.11 Å². The largest absolute Gasteiger partial charge is 0.496 e. The Hall–Kier alpha value is -3.14. The summed E-state index contributed by atoms with van der Waals surface area (Å²) in [6, 6.07) is 13.9. The van der Waals surface area contributed by atoms with E-state index >= 15 is 0 Å². The first-order chi connectivity index (χ1) is 14.6. The lowest BCUT2D eigenvalue weighted by molar-refractivity contribution is 0.413. The Bertz CT molecular complexity index is 1230. The van der Waals surface area contributed by atoms with Gasteiger partial charge in [0, 0.05) is 27.1 Å². The summed E-state index contributed by atoms with van der Waals surface area (Å²) in [5.74, 6) is 1.14. The molecule has 3 aromatic rings. The zero-order valence-electron chi connectivity index (χ0n) is 17.4. The highest BCUT2D eigenvalue weighted by atomic mass is 19.1. The van der Waals surface area contributed by atoms with Crippen LogP contribution >= 0.6 is 0 Å². The zero-order chi connectivity index (χ0) is 21.3. The highest BCUT2D eigenvalue weighted by Gasteiger charge is 2.24. The molecule has 2 nitrogen and oxygen atoms in total. The molecule has 0 bridgehead atoms. The quantitative estimate of drug-likeness (QED) is 0.438. The van der Waals surface area contributed by atoms with Crippen molar-refractivity contribution < 1.29 is 18.3 Å². The van der Waals surface area contributed by atoms with Crippen LogP contribution in [0.15, 0.2) is 48.5 Å². The molecule has 3 aromatic carbocycles. The topological polar surface area (TPSA) is 18.5 Å². The van der Waals surface area contributed by atoms with Gasteiger partial charge < -0.3 is 9.47 Å². The number of fused-ring (bicyclic) bond motifs is 2. The Morgan fingerprint density at radius 1 is 0.933 bits per heavy atom. The third-order valence-electron chi connectivity index (χ3n) is 5.33. The van der Waals surface area contributed by atoms with Gasteiger partial charge >= 0.3 is 0 Å². The second-order valence-electron chi connectivity index (χ2n) is 7.35. The summed E-state index contributed by atoms with van der Waals surface area (Å²) in [6.07, 6.45) is 3.99.